The molecule has 0 radical (unpaired) electrons. The number of aryl methyl sites for hydroxylation is 2. The maximum atomic E-state index is 9.45. The summed E-state index contributed by atoms with van der Waals surface area (Å²) >= 11 is 0. The van der Waals surface area contributed by atoms with Crippen LogP contribution in [0.4, 0.5) is 0 Å². The molecule has 0 amide bonds. The van der Waals surface area contributed by atoms with Crippen molar-refractivity contribution in [3.05, 3.63) is 120 Å². The molecule has 0 saturated carbocycles. The average molecular weight is 511 g/mol. The van der Waals surface area contributed by atoms with Crippen LogP contribution in [0, 0.1) is 13.8 Å². The smallest absolute Gasteiger partial charge is 0.118 e. The number of hydrogen-bond donors (Lipinski definition) is 6. The molecule has 0 heterocycles. The lowest BCUT2D eigenvalue weighted by molar-refractivity contribution is 0.460. The number of hydrogen-bond acceptors (Lipinski definition) is 6. The minimum absolute atomic E-state index is 0.169. The highest BCUT2D eigenvalue weighted by molar-refractivity contribution is 5.67. The van der Waals surface area contributed by atoms with Crippen molar-refractivity contribution in [1.29, 1.82) is 0 Å². The van der Waals surface area contributed by atoms with E-state index in [1.54, 1.807) is 36.4 Å². The normalized spacial score (nSPS) is 9.95. The molecule has 5 rings (SSSR count). The quantitative estimate of drug-likeness (QED) is 0.139. The third-order valence-corrected chi connectivity index (χ3v) is 5.64. The van der Waals surface area contributed by atoms with E-state index in [-0.39, 0.29) is 23.0 Å². The van der Waals surface area contributed by atoms with E-state index in [9.17, 15) is 10.2 Å². The van der Waals surface area contributed by atoms with Gasteiger partial charge in [-0.1, -0.05) is 36.4 Å². The summed E-state index contributed by atoms with van der Waals surface area (Å²) in [5.74, 6) is 1.46. The highest BCUT2D eigenvalue weighted by atomic mass is 16.3. The molecule has 0 bridgehead atoms. The topological polar surface area (TPSA) is 121 Å². The summed E-state index contributed by atoms with van der Waals surface area (Å²) in [6.07, 6.45) is 0. The molecule has 5 aromatic carbocycles. The van der Waals surface area contributed by atoms with Gasteiger partial charge in [0.1, 0.15) is 34.5 Å². The van der Waals surface area contributed by atoms with Crippen LogP contribution in [-0.4, -0.2) is 30.6 Å². The van der Waals surface area contributed by atoms with Crippen LogP contribution in [0.15, 0.2) is 109 Å². The summed E-state index contributed by atoms with van der Waals surface area (Å²) in [6.45, 7) is 3.73. The number of aromatic hydroxyl groups is 6. The highest BCUT2D eigenvalue weighted by Gasteiger charge is 2.03. The fraction of sp³-hybridized carbons (Fsp3) is 0.0625. The summed E-state index contributed by atoms with van der Waals surface area (Å²) in [5, 5.41) is 54.4. The second-order valence-electron chi connectivity index (χ2n) is 8.61. The Hall–Kier alpha value is -5.10. The first-order chi connectivity index (χ1) is 18.1. The zero-order valence-corrected chi connectivity index (χ0v) is 21.1. The fourth-order valence-corrected chi connectivity index (χ4v) is 3.43. The summed E-state index contributed by atoms with van der Waals surface area (Å²) in [4.78, 5) is 0. The molecule has 5 aromatic rings. The molecule has 0 unspecified atom stereocenters. The standard InChI is InChI=1S/C14H14O2.C12H10O2.C6H6O2/c1-9-7-11(3-5-13(9)15)12-4-6-14(16)10(2)8-12;13-11-5-1-9(2-6-11)10-3-7-12(14)8-4-10;7-5-1-2-6(8)4-3-5/h3-8,15-16H,1-2H3;1-8,13-14H;1-4,7-8H. The molecule has 194 valence electrons. The molecule has 6 N–H and O–H groups in total. The lowest BCUT2D eigenvalue weighted by atomic mass is 10.0. The fourth-order valence-electron chi connectivity index (χ4n) is 3.43. The first kappa shape index (κ1) is 27.5. The SMILES string of the molecule is Cc1cc(-c2ccc(O)c(C)c2)ccc1O.Oc1ccc(-c2ccc(O)cc2)cc1.Oc1ccc(O)cc1. The van der Waals surface area contributed by atoms with E-state index in [1.165, 1.54) is 24.3 Å². The van der Waals surface area contributed by atoms with E-state index in [2.05, 4.69) is 0 Å². The molecule has 0 saturated heterocycles. The van der Waals surface area contributed by atoms with E-state index in [0.717, 1.165) is 33.4 Å². The molecule has 0 aromatic heterocycles. The Morgan fingerprint density at radius 2 is 0.553 bits per heavy atom. The molecule has 0 aliphatic heterocycles. The van der Waals surface area contributed by atoms with Gasteiger partial charge >= 0.3 is 0 Å². The van der Waals surface area contributed by atoms with Gasteiger partial charge in [-0.25, -0.2) is 0 Å². The molecule has 0 spiro atoms. The Labute approximate surface area is 221 Å². The molecule has 38 heavy (non-hydrogen) atoms. The van der Waals surface area contributed by atoms with E-state index < -0.39 is 0 Å². The van der Waals surface area contributed by atoms with E-state index >= 15 is 0 Å². The van der Waals surface area contributed by atoms with Crippen molar-refractivity contribution in [3.8, 4) is 56.8 Å². The Bertz CT molecular complexity index is 1340. The third-order valence-electron chi connectivity index (χ3n) is 5.64. The van der Waals surface area contributed by atoms with Crippen LogP contribution >= 0.6 is 0 Å². The maximum absolute atomic E-state index is 9.45. The molecule has 6 nitrogen and oxygen atoms in total. The Kier molecular flexibility index (Phi) is 9.21. The van der Waals surface area contributed by atoms with E-state index in [4.69, 9.17) is 20.4 Å². The minimum atomic E-state index is 0.169. The van der Waals surface area contributed by atoms with Gasteiger partial charge < -0.3 is 30.6 Å². The third kappa shape index (κ3) is 7.96. The van der Waals surface area contributed by atoms with Crippen molar-refractivity contribution >= 4 is 0 Å². The van der Waals surface area contributed by atoms with Gasteiger partial charge in [-0.05, 0) is 120 Å². The van der Waals surface area contributed by atoms with Crippen molar-refractivity contribution in [3.63, 3.8) is 0 Å². The zero-order chi connectivity index (χ0) is 27.7. The second-order valence-corrected chi connectivity index (χ2v) is 8.61. The van der Waals surface area contributed by atoms with E-state index in [0.29, 0.717) is 11.5 Å². The Balaban J connectivity index is 0.000000166. The van der Waals surface area contributed by atoms with Gasteiger partial charge in [0.2, 0.25) is 0 Å². The van der Waals surface area contributed by atoms with Gasteiger partial charge in [-0.15, -0.1) is 0 Å². The van der Waals surface area contributed by atoms with Crippen LogP contribution in [0.3, 0.4) is 0 Å². The van der Waals surface area contributed by atoms with Crippen molar-refractivity contribution in [2.24, 2.45) is 0 Å². The van der Waals surface area contributed by atoms with Gasteiger partial charge in [0.25, 0.3) is 0 Å². The summed E-state index contributed by atoms with van der Waals surface area (Å²) in [6, 6.07) is 30.6. The molecular formula is C32H30O6. The first-order valence-electron chi connectivity index (χ1n) is 11.8. The summed E-state index contributed by atoms with van der Waals surface area (Å²) < 4.78 is 0. The van der Waals surface area contributed by atoms with Gasteiger partial charge in [0.15, 0.2) is 0 Å². The number of benzene rings is 5. The molecule has 0 fully saturated rings. The zero-order valence-electron chi connectivity index (χ0n) is 21.1. The molecule has 6 heteroatoms. The number of rotatable bonds is 2. The Morgan fingerprint density at radius 3 is 0.816 bits per heavy atom. The predicted octanol–water partition coefficient (Wildman–Crippen LogP) is 7.24. The highest BCUT2D eigenvalue weighted by Crippen LogP contribution is 2.28. The monoisotopic (exact) mass is 510 g/mol. The van der Waals surface area contributed by atoms with Gasteiger partial charge in [0.05, 0.1) is 0 Å². The molecule has 0 aliphatic carbocycles. The summed E-state index contributed by atoms with van der Waals surface area (Å²) in [7, 11) is 0. The molecular weight excluding hydrogens is 480 g/mol. The molecule has 0 aliphatic rings. The lowest BCUT2D eigenvalue weighted by Gasteiger charge is -2.06. The van der Waals surface area contributed by atoms with Crippen molar-refractivity contribution in [2.75, 3.05) is 0 Å². The number of phenolic OH excluding ortho intramolecular Hbond substituents is 6. The van der Waals surface area contributed by atoms with Crippen molar-refractivity contribution in [1.82, 2.24) is 0 Å². The van der Waals surface area contributed by atoms with Crippen LogP contribution in [0.1, 0.15) is 11.1 Å². The lowest BCUT2D eigenvalue weighted by Crippen LogP contribution is -1.82. The largest absolute Gasteiger partial charge is 0.508 e. The van der Waals surface area contributed by atoms with Crippen LogP contribution in [-0.2, 0) is 0 Å². The predicted molar refractivity (Wildman–Crippen MR) is 150 cm³/mol. The van der Waals surface area contributed by atoms with Crippen LogP contribution in [0.2, 0.25) is 0 Å². The average Bonchev–Trinajstić information content (AvgIpc) is 2.91. The van der Waals surface area contributed by atoms with Gasteiger partial charge in [-0.3, -0.25) is 0 Å². The van der Waals surface area contributed by atoms with Crippen molar-refractivity contribution in [2.45, 2.75) is 13.8 Å². The van der Waals surface area contributed by atoms with Crippen molar-refractivity contribution < 1.29 is 30.6 Å². The maximum Gasteiger partial charge on any atom is 0.118 e. The minimum Gasteiger partial charge on any atom is -0.508 e. The van der Waals surface area contributed by atoms with Gasteiger partial charge in [0, 0.05) is 0 Å². The van der Waals surface area contributed by atoms with Gasteiger partial charge in [-0.2, -0.15) is 0 Å². The summed E-state index contributed by atoms with van der Waals surface area (Å²) in [5.41, 5.74) is 5.81. The van der Waals surface area contributed by atoms with Crippen LogP contribution < -0.4 is 0 Å². The van der Waals surface area contributed by atoms with Crippen LogP contribution in [0.5, 0.6) is 34.5 Å². The van der Waals surface area contributed by atoms with Crippen LogP contribution in [0.25, 0.3) is 22.3 Å². The Morgan fingerprint density at radius 1 is 0.316 bits per heavy atom. The second kappa shape index (κ2) is 12.7. The number of phenols is 6. The molecule has 0 atom stereocenters. The van der Waals surface area contributed by atoms with E-state index in [1.807, 2.05) is 62.4 Å². The first-order valence-corrected chi connectivity index (χ1v) is 11.8.